The van der Waals surface area contributed by atoms with Gasteiger partial charge in [-0.2, -0.15) is 13.1 Å². The molecule has 0 N–H and O–H groups in total. The summed E-state index contributed by atoms with van der Waals surface area (Å²) in [4.78, 5) is 15.4. The number of rotatable bonds is 6. The maximum absolute atomic E-state index is 13.5. The highest BCUT2D eigenvalue weighted by molar-refractivity contribution is 7.89. The lowest BCUT2D eigenvalue weighted by Crippen LogP contribution is -2.49. The van der Waals surface area contributed by atoms with Gasteiger partial charge in [-0.05, 0) is 44.4 Å². The lowest BCUT2D eigenvalue weighted by molar-refractivity contribution is -0.137. The van der Waals surface area contributed by atoms with Crippen LogP contribution < -0.4 is 0 Å². The van der Waals surface area contributed by atoms with Gasteiger partial charge in [-0.25, -0.2) is 8.42 Å². The molecule has 0 saturated carbocycles. The Hall–Kier alpha value is -2.36. The van der Waals surface area contributed by atoms with E-state index in [9.17, 15) is 13.2 Å². The highest BCUT2D eigenvalue weighted by Gasteiger charge is 2.42. The largest absolute Gasteiger partial charge is 0.335 e. The molecule has 0 spiro atoms. The molecule has 30 heavy (non-hydrogen) atoms. The molecule has 0 bridgehead atoms. The molecule has 1 aliphatic heterocycles. The van der Waals surface area contributed by atoms with Gasteiger partial charge >= 0.3 is 0 Å². The fraction of sp³-hybridized carbons (Fsp3) is 0.381. The van der Waals surface area contributed by atoms with Gasteiger partial charge in [0.1, 0.15) is 22.0 Å². The summed E-state index contributed by atoms with van der Waals surface area (Å²) in [6.45, 7) is 4.68. The van der Waals surface area contributed by atoms with E-state index in [0.717, 1.165) is 17.3 Å². The summed E-state index contributed by atoms with van der Waals surface area (Å²) in [5.74, 6) is -0.154. The molecule has 2 heterocycles. The summed E-state index contributed by atoms with van der Waals surface area (Å²) >= 11 is 0.985. The molecular formula is C21H24N4O3S2. The Labute approximate surface area is 180 Å². The number of benzene rings is 2. The molecule has 7 nitrogen and oxygen atoms in total. The van der Waals surface area contributed by atoms with Crippen molar-refractivity contribution < 1.29 is 13.2 Å². The summed E-state index contributed by atoms with van der Waals surface area (Å²) in [6.07, 6.45) is 1.17. The zero-order valence-corrected chi connectivity index (χ0v) is 18.6. The smallest absolute Gasteiger partial charge is 0.246 e. The minimum atomic E-state index is -3.87. The van der Waals surface area contributed by atoms with Crippen LogP contribution in [0.2, 0.25) is 0 Å². The fourth-order valence-electron chi connectivity index (χ4n) is 3.88. The third-order valence-electron chi connectivity index (χ3n) is 5.43. The summed E-state index contributed by atoms with van der Waals surface area (Å²) < 4.78 is 36.7. The molecule has 158 valence electrons. The van der Waals surface area contributed by atoms with Crippen LogP contribution in [0.25, 0.3) is 11.0 Å². The predicted octanol–water partition coefficient (Wildman–Crippen LogP) is 3.28. The van der Waals surface area contributed by atoms with Crippen molar-refractivity contribution in [3.63, 3.8) is 0 Å². The summed E-state index contributed by atoms with van der Waals surface area (Å²) in [5.41, 5.74) is 1.94. The molecule has 1 atom stereocenters. The molecular weight excluding hydrogens is 420 g/mol. The van der Waals surface area contributed by atoms with Crippen LogP contribution in [-0.4, -0.2) is 50.9 Å². The first-order valence-electron chi connectivity index (χ1n) is 9.97. The first-order valence-corrected chi connectivity index (χ1v) is 12.1. The minimum Gasteiger partial charge on any atom is -0.335 e. The van der Waals surface area contributed by atoms with Gasteiger partial charge in [-0.15, -0.1) is 0 Å². The number of nitrogens with zero attached hydrogens (tertiary/aromatic N) is 4. The van der Waals surface area contributed by atoms with Crippen LogP contribution in [0.1, 0.15) is 32.3 Å². The van der Waals surface area contributed by atoms with E-state index >= 15 is 0 Å². The lowest BCUT2D eigenvalue weighted by atomic mass is 10.1. The van der Waals surface area contributed by atoms with Crippen LogP contribution >= 0.6 is 11.7 Å². The average Bonchev–Trinajstić information content (AvgIpc) is 3.41. The molecule has 0 radical (unpaired) electrons. The number of fused-ring (bicyclic) bond motifs is 1. The fourth-order valence-corrected chi connectivity index (χ4v) is 6.28. The van der Waals surface area contributed by atoms with E-state index < -0.39 is 16.1 Å². The van der Waals surface area contributed by atoms with Gasteiger partial charge < -0.3 is 4.90 Å². The number of carbonyl (C=O) groups excluding carboxylic acids is 1. The van der Waals surface area contributed by atoms with Crippen LogP contribution in [-0.2, 0) is 21.4 Å². The maximum atomic E-state index is 13.5. The molecule has 1 aliphatic rings. The quantitative estimate of drug-likeness (QED) is 0.583. The third kappa shape index (κ3) is 3.84. The van der Waals surface area contributed by atoms with E-state index in [-0.39, 0.29) is 16.8 Å². The zero-order chi connectivity index (χ0) is 21.3. The van der Waals surface area contributed by atoms with Crippen molar-refractivity contribution in [1.82, 2.24) is 18.0 Å². The first kappa shape index (κ1) is 20.9. The van der Waals surface area contributed by atoms with Crippen molar-refractivity contribution in [1.29, 1.82) is 0 Å². The van der Waals surface area contributed by atoms with E-state index in [1.807, 2.05) is 44.2 Å². The summed E-state index contributed by atoms with van der Waals surface area (Å²) in [6, 6.07) is 14.0. The number of amides is 1. The second-order valence-corrected chi connectivity index (χ2v) is 10.1. The number of carbonyl (C=O) groups is 1. The standard InChI is InChI=1S/C21H24N4O3S2/c1-15(2)24(14-16-8-4-3-5-9-16)21(26)18-11-7-13-25(18)30(27,28)19-12-6-10-17-20(19)23-29-22-17/h3-6,8-10,12,15,18H,7,11,13-14H2,1-2H3. The van der Waals surface area contributed by atoms with Crippen molar-refractivity contribution in [2.45, 2.75) is 50.2 Å². The topological polar surface area (TPSA) is 83.5 Å². The Kier molecular flexibility index (Phi) is 5.86. The molecule has 1 aromatic heterocycles. The first-order chi connectivity index (χ1) is 14.4. The number of aromatic nitrogens is 2. The predicted molar refractivity (Wildman–Crippen MR) is 116 cm³/mol. The van der Waals surface area contributed by atoms with Crippen molar-refractivity contribution in [2.75, 3.05) is 6.54 Å². The average molecular weight is 445 g/mol. The van der Waals surface area contributed by atoms with Gasteiger partial charge in [-0.3, -0.25) is 4.79 Å². The Bertz CT molecular complexity index is 1150. The molecule has 1 fully saturated rings. The highest BCUT2D eigenvalue weighted by Crippen LogP contribution is 2.31. The van der Waals surface area contributed by atoms with Gasteiger partial charge in [0.25, 0.3) is 0 Å². The molecule has 1 saturated heterocycles. The second-order valence-electron chi connectivity index (χ2n) is 7.71. The van der Waals surface area contributed by atoms with Crippen molar-refractivity contribution in [2.24, 2.45) is 0 Å². The zero-order valence-electron chi connectivity index (χ0n) is 16.9. The van der Waals surface area contributed by atoms with E-state index in [1.165, 1.54) is 4.31 Å². The van der Waals surface area contributed by atoms with Crippen LogP contribution in [0.4, 0.5) is 0 Å². The van der Waals surface area contributed by atoms with Crippen LogP contribution in [0.5, 0.6) is 0 Å². The van der Waals surface area contributed by atoms with E-state index in [2.05, 4.69) is 8.75 Å². The monoisotopic (exact) mass is 444 g/mol. The molecule has 1 unspecified atom stereocenters. The van der Waals surface area contributed by atoms with Gasteiger partial charge in [0.05, 0.1) is 11.7 Å². The maximum Gasteiger partial charge on any atom is 0.246 e. The summed E-state index contributed by atoms with van der Waals surface area (Å²) in [5, 5.41) is 0. The Morgan fingerprint density at radius 3 is 2.67 bits per heavy atom. The molecule has 1 amide bonds. The summed E-state index contributed by atoms with van der Waals surface area (Å²) in [7, 11) is -3.87. The minimum absolute atomic E-state index is 0.0472. The van der Waals surface area contributed by atoms with Gasteiger partial charge in [0.15, 0.2) is 0 Å². The normalized spacial score (nSPS) is 17.6. The van der Waals surface area contributed by atoms with Gasteiger partial charge in [0, 0.05) is 19.1 Å². The Balaban J connectivity index is 1.65. The van der Waals surface area contributed by atoms with E-state index in [1.54, 1.807) is 23.1 Å². The Morgan fingerprint density at radius 2 is 1.93 bits per heavy atom. The van der Waals surface area contributed by atoms with Crippen molar-refractivity contribution in [3.05, 3.63) is 54.1 Å². The van der Waals surface area contributed by atoms with Crippen LogP contribution in [0.15, 0.2) is 53.4 Å². The molecule has 2 aromatic carbocycles. The lowest BCUT2D eigenvalue weighted by Gasteiger charge is -2.32. The number of sulfonamides is 1. The van der Waals surface area contributed by atoms with Crippen molar-refractivity contribution >= 4 is 38.7 Å². The molecule has 9 heteroatoms. The van der Waals surface area contributed by atoms with E-state index in [0.29, 0.717) is 37.0 Å². The van der Waals surface area contributed by atoms with Crippen molar-refractivity contribution in [3.8, 4) is 0 Å². The third-order valence-corrected chi connectivity index (χ3v) is 7.91. The molecule has 4 rings (SSSR count). The van der Waals surface area contributed by atoms with Crippen LogP contribution in [0.3, 0.4) is 0 Å². The van der Waals surface area contributed by atoms with Gasteiger partial charge in [0.2, 0.25) is 15.9 Å². The Morgan fingerprint density at radius 1 is 1.17 bits per heavy atom. The highest BCUT2D eigenvalue weighted by atomic mass is 32.2. The number of hydrogen-bond donors (Lipinski definition) is 0. The van der Waals surface area contributed by atoms with E-state index in [4.69, 9.17) is 0 Å². The van der Waals surface area contributed by atoms with Crippen LogP contribution in [0, 0.1) is 0 Å². The SMILES string of the molecule is CC(C)N(Cc1ccccc1)C(=O)C1CCCN1S(=O)(=O)c1cccc2nsnc12. The molecule has 0 aliphatic carbocycles. The van der Waals surface area contributed by atoms with Gasteiger partial charge in [-0.1, -0.05) is 36.4 Å². The molecule has 3 aromatic rings. The second kappa shape index (κ2) is 8.41. The number of hydrogen-bond acceptors (Lipinski definition) is 6.